The summed E-state index contributed by atoms with van der Waals surface area (Å²) < 4.78 is 7.80. The molecular formula is C16H22ClN3O. The van der Waals surface area contributed by atoms with Crippen molar-refractivity contribution in [1.82, 2.24) is 9.78 Å². The average Bonchev–Trinajstić information content (AvgIpc) is 2.80. The number of rotatable bonds is 6. The molecule has 1 unspecified atom stereocenters. The highest BCUT2D eigenvalue weighted by Gasteiger charge is 2.12. The Bertz CT molecular complexity index is 608. The lowest BCUT2D eigenvalue weighted by Gasteiger charge is -2.14. The van der Waals surface area contributed by atoms with Crippen LogP contribution in [-0.4, -0.2) is 15.8 Å². The summed E-state index contributed by atoms with van der Waals surface area (Å²) in [4.78, 5) is 0. The molecule has 0 bridgehead atoms. The van der Waals surface area contributed by atoms with Gasteiger partial charge in [0.25, 0.3) is 0 Å². The summed E-state index contributed by atoms with van der Waals surface area (Å²) in [6.45, 7) is 4.52. The van der Waals surface area contributed by atoms with Gasteiger partial charge in [-0.2, -0.15) is 5.10 Å². The third kappa shape index (κ3) is 3.99. The van der Waals surface area contributed by atoms with Crippen molar-refractivity contribution in [1.29, 1.82) is 0 Å². The lowest BCUT2D eigenvalue weighted by atomic mass is 10.1. The van der Waals surface area contributed by atoms with Crippen LogP contribution in [0.2, 0.25) is 5.02 Å². The molecule has 114 valence electrons. The number of hydrogen-bond acceptors (Lipinski definition) is 3. The van der Waals surface area contributed by atoms with Crippen molar-refractivity contribution in [3.05, 3.63) is 46.2 Å². The summed E-state index contributed by atoms with van der Waals surface area (Å²) in [6.07, 6.45) is 1.61. The smallest absolute Gasteiger partial charge is 0.130 e. The molecular weight excluding hydrogens is 286 g/mol. The number of benzene rings is 1. The molecule has 1 atom stereocenters. The Morgan fingerprint density at radius 2 is 2.19 bits per heavy atom. The van der Waals surface area contributed by atoms with Crippen LogP contribution < -0.4 is 10.5 Å². The van der Waals surface area contributed by atoms with Gasteiger partial charge in [0.15, 0.2) is 0 Å². The van der Waals surface area contributed by atoms with E-state index in [0.29, 0.717) is 18.1 Å². The maximum Gasteiger partial charge on any atom is 0.130 e. The van der Waals surface area contributed by atoms with Crippen LogP contribution in [0.25, 0.3) is 0 Å². The molecule has 0 saturated carbocycles. The van der Waals surface area contributed by atoms with Crippen LogP contribution in [-0.2, 0) is 26.5 Å². The minimum absolute atomic E-state index is 0.0376. The van der Waals surface area contributed by atoms with Crippen molar-refractivity contribution in [3.8, 4) is 5.75 Å². The van der Waals surface area contributed by atoms with E-state index in [-0.39, 0.29) is 6.04 Å². The highest BCUT2D eigenvalue weighted by Crippen LogP contribution is 2.28. The predicted octanol–water partition coefficient (Wildman–Crippen LogP) is 3.10. The molecule has 0 radical (unpaired) electrons. The standard InChI is InChI=1S/C16H22ClN3O/c1-4-12-9-13(20(3)19-12)10-21-16-7-5-6-15(17)14(16)8-11(2)18/h5-7,9,11H,4,8,10,18H2,1-3H3. The van der Waals surface area contributed by atoms with E-state index in [4.69, 9.17) is 22.1 Å². The fraction of sp³-hybridized carbons (Fsp3) is 0.438. The first-order valence-electron chi connectivity index (χ1n) is 7.18. The van der Waals surface area contributed by atoms with Gasteiger partial charge in [-0.25, -0.2) is 0 Å². The SMILES string of the molecule is CCc1cc(COc2cccc(Cl)c2CC(C)N)n(C)n1. The number of aromatic nitrogens is 2. The lowest BCUT2D eigenvalue weighted by Crippen LogP contribution is -2.18. The van der Waals surface area contributed by atoms with Crippen molar-refractivity contribution in [3.63, 3.8) is 0 Å². The van der Waals surface area contributed by atoms with Crippen LogP contribution in [0, 0.1) is 0 Å². The molecule has 4 nitrogen and oxygen atoms in total. The van der Waals surface area contributed by atoms with Gasteiger partial charge in [0.1, 0.15) is 12.4 Å². The second kappa shape index (κ2) is 6.96. The first kappa shape index (κ1) is 15.9. The molecule has 2 rings (SSSR count). The molecule has 0 aliphatic rings. The fourth-order valence-electron chi connectivity index (χ4n) is 2.23. The van der Waals surface area contributed by atoms with Crippen molar-refractivity contribution >= 4 is 11.6 Å². The molecule has 0 aliphatic heterocycles. The maximum atomic E-state index is 6.26. The van der Waals surface area contributed by atoms with E-state index < -0.39 is 0 Å². The summed E-state index contributed by atoms with van der Waals surface area (Å²) in [7, 11) is 1.93. The number of hydrogen-bond donors (Lipinski definition) is 1. The Morgan fingerprint density at radius 3 is 2.81 bits per heavy atom. The Morgan fingerprint density at radius 1 is 1.43 bits per heavy atom. The third-order valence-electron chi connectivity index (χ3n) is 3.37. The molecule has 1 heterocycles. The third-order valence-corrected chi connectivity index (χ3v) is 3.72. The van der Waals surface area contributed by atoms with Crippen molar-refractivity contribution < 1.29 is 4.74 Å². The number of nitrogens with zero attached hydrogens (tertiary/aromatic N) is 2. The first-order chi connectivity index (χ1) is 10.0. The number of aryl methyl sites for hydroxylation is 2. The van der Waals surface area contributed by atoms with Gasteiger partial charge < -0.3 is 10.5 Å². The highest BCUT2D eigenvalue weighted by molar-refractivity contribution is 6.31. The van der Waals surface area contributed by atoms with Gasteiger partial charge in [-0.3, -0.25) is 4.68 Å². The highest BCUT2D eigenvalue weighted by atomic mass is 35.5. The molecule has 0 saturated heterocycles. The van der Waals surface area contributed by atoms with Crippen molar-refractivity contribution in [2.45, 2.75) is 39.3 Å². The Kier molecular flexibility index (Phi) is 5.26. The summed E-state index contributed by atoms with van der Waals surface area (Å²) >= 11 is 6.26. The zero-order valence-corrected chi connectivity index (χ0v) is 13.5. The van der Waals surface area contributed by atoms with Crippen LogP contribution in [0.4, 0.5) is 0 Å². The second-order valence-electron chi connectivity index (χ2n) is 5.29. The van der Waals surface area contributed by atoms with E-state index in [0.717, 1.165) is 29.1 Å². The lowest BCUT2D eigenvalue weighted by molar-refractivity contribution is 0.291. The summed E-state index contributed by atoms with van der Waals surface area (Å²) in [6, 6.07) is 7.79. The molecule has 1 aromatic carbocycles. The zero-order chi connectivity index (χ0) is 15.4. The molecule has 0 fully saturated rings. The topological polar surface area (TPSA) is 53.1 Å². The molecule has 5 heteroatoms. The fourth-order valence-corrected chi connectivity index (χ4v) is 2.47. The number of nitrogens with two attached hydrogens (primary N) is 1. The minimum atomic E-state index is 0.0376. The molecule has 0 spiro atoms. The monoisotopic (exact) mass is 307 g/mol. The molecule has 2 aromatic rings. The van der Waals surface area contributed by atoms with Gasteiger partial charge >= 0.3 is 0 Å². The average molecular weight is 308 g/mol. The van der Waals surface area contributed by atoms with Gasteiger partial charge in [0, 0.05) is 23.7 Å². The maximum absolute atomic E-state index is 6.26. The largest absolute Gasteiger partial charge is 0.487 e. The van der Waals surface area contributed by atoms with E-state index in [1.54, 1.807) is 0 Å². The first-order valence-corrected chi connectivity index (χ1v) is 7.56. The predicted molar refractivity (Wildman–Crippen MR) is 85.7 cm³/mol. The molecule has 2 N–H and O–H groups in total. The quantitative estimate of drug-likeness (QED) is 0.892. The zero-order valence-electron chi connectivity index (χ0n) is 12.8. The van der Waals surface area contributed by atoms with E-state index >= 15 is 0 Å². The normalized spacial score (nSPS) is 12.4. The Hall–Kier alpha value is -1.52. The summed E-state index contributed by atoms with van der Waals surface area (Å²) in [5.74, 6) is 0.791. The molecule has 0 aliphatic carbocycles. The Balaban J connectivity index is 2.15. The molecule has 0 amide bonds. The number of ether oxygens (including phenoxy) is 1. The second-order valence-corrected chi connectivity index (χ2v) is 5.70. The van der Waals surface area contributed by atoms with Crippen LogP contribution in [0.15, 0.2) is 24.3 Å². The van der Waals surface area contributed by atoms with Gasteiger partial charge in [0.05, 0.1) is 11.4 Å². The van der Waals surface area contributed by atoms with Crippen LogP contribution in [0.5, 0.6) is 5.75 Å². The van der Waals surface area contributed by atoms with E-state index in [9.17, 15) is 0 Å². The van der Waals surface area contributed by atoms with Crippen molar-refractivity contribution in [2.24, 2.45) is 12.8 Å². The number of halogens is 1. The Labute approximate surface area is 130 Å². The van der Waals surface area contributed by atoms with Gasteiger partial charge in [0.2, 0.25) is 0 Å². The van der Waals surface area contributed by atoms with Crippen LogP contribution in [0.1, 0.15) is 30.8 Å². The van der Waals surface area contributed by atoms with Gasteiger partial charge in [-0.05, 0) is 38.0 Å². The van der Waals surface area contributed by atoms with Crippen LogP contribution >= 0.6 is 11.6 Å². The van der Waals surface area contributed by atoms with Crippen molar-refractivity contribution in [2.75, 3.05) is 0 Å². The van der Waals surface area contributed by atoms with E-state index in [1.165, 1.54) is 0 Å². The van der Waals surface area contributed by atoms with E-state index in [1.807, 2.05) is 36.9 Å². The minimum Gasteiger partial charge on any atom is -0.487 e. The molecule has 1 aromatic heterocycles. The van der Waals surface area contributed by atoms with E-state index in [2.05, 4.69) is 18.1 Å². The van der Waals surface area contributed by atoms with Gasteiger partial charge in [-0.15, -0.1) is 0 Å². The molecule has 21 heavy (non-hydrogen) atoms. The van der Waals surface area contributed by atoms with Gasteiger partial charge in [-0.1, -0.05) is 24.6 Å². The van der Waals surface area contributed by atoms with Crippen LogP contribution in [0.3, 0.4) is 0 Å². The summed E-state index contributed by atoms with van der Waals surface area (Å²) in [5, 5.41) is 5.12. The summed E-state index contributed by atoms with van der Waals surface area (Å²) in [5.41, 5.74) is 8.96.